The predicted octanol–water partition coefficient (Wildman–Crippen LogP) is 3.40. The average Bonchev–Trinajstić information content (AvgIpc) is 2.92. The summed E-state index contributed by atoms with van der Waals surface area (Å²) in [4.78, 5) is 12.0. The normalized spacial score (nSPS) is 11.4. The van der Waals surface area contributed by atoms with Gasteiger partial charge in [0.25, 0.3) is 0 Å². The second-order valence-corrected chi connectivity index (χ2v) is 6.28. The summed E-state index contributed by atoms with van der Waals surface area (Å²) in [6.45, 7) is 6.80. The van der Waals surface area contributed by atoms with Gasteiger partial charge in [-0.1, -0.05) is 49.3 Å². The number of nitrogens with one attached hydrogen (secondary N) is 1. The lowest BCUT2D eigenvalue weighted by Gasteiger charge is -2.25. The minimum absolute atomic E-state index is 0.00181. The number of amides is 1. The Labute approximate surface area is 131 Å². The standard InChI is InChI=1S/C18H24N2O2/c1-14-13-16(20-22-14)10-12-19-17(21)9-11-18(2,3)15-7-5-4-6-8-15/h4-8,13H,9-12H2,1-3H3,(H,19,21). The SMILES string of the molecule is Cc1cc(CCNC(=O)CCC(C)(C)c2ccccc2)no1. The molecule has 1 amide bonds. The van der Waals surface area contributed by atoms with Gasteiger partial charge in [-0.05, 0) is 24.3 Å². The van der Waals surface area contributed by atoms with E-state index in [9.17, 15) is 4.79 Å². The zero-order chi connectivity index (χ0) is 16.0. The summed E-state index contributed by atoms with van der Waals surface area (Å²) in [5.74, 6) is 0.884. The van der Waals surface area contributed by atoms with Crippen molar-refractivity contribution in [1.29, 1.82) is 0 Å². The van der Waals surface area contributed by atoms with Gasteiger partial charge in [0.15, 0.2) is 0 Å². The van der Waals surface area contributed by atoms with Crippen LogP contribution in [0.5, 0.6) is 0 Å². The number of carbonyl (C=O) groups excluding carboxylic acids is 1. The van der Waals surface area contributed by atoms with Crippen molar-refractivity contribution in [2.24, 2.45) is 0 Å². The summed E-state index contributed by atoms with van der Waals surface area (Å²) in [6.07, 6.45) is 2.05. The molecule has 0 unspecified atom stereocenters. The maximum atomic E-state index is 12.0. The molecule has 118 valence electrons. The lowest BCUT2D eigenvalue weighted by atomic mass is 9.80. The molecular formula is C18H24N2O2. The van der Waals surface area contributed by atoms with Crippen LogP contribution in [0.4, 0.5) is 0 Å². The first-order valence-electron chi connectivity index (χ1n) is 7.72. The Kier molecular flexibility index (Phi) is 5.36. The van der Waals surface area contributed by atoms with Gasteiger partial charge in [-0.25, -0.2) is 0 Å². The molecule has 1 N–H and O–H groups in total. The molecule has 0 aliphatic heterocycles. The van der Waals surface area contributed by atoms with Gasteiger partial charge in [-0.15, -0.1) is 0 Å². The van der Waals surface area contributed by atoms with Crippen molar-refractivity contribution in [2.45, 2.75) is 45.4 Å². The van der Waals surface area contributed by atoms with Gasteiger partial charge in [-0.2, -0.15) is 0 Å². The van der Waals surface area contributed by atoms with Crippen molar-refractivity contribution in [3.63, 3.8) is 0 Å². The number of hydrogen-bond donors (Lipinski definition) is 1. The summed E-state index contributed by atoms with van der Waals surface area (Å²) >= 11 is 0. The zero-order valence-electron chi connectivity index (χ0n) is 13.6. The van der Waals surface area contributed by atoms with Crippen LogP contribution in [0.3, 0.4) is 0 Å². The molecule has 2 rings (SSSR count). The number of aryl methyl sites for hydroxylation is 1. The summed E-state index contributed by atoms with van der Waals surface area (Å²) in [6, 6.07) is 12.2. The number of benzene rings is 1. The van der Waals surface area contributed by atoms with Crippen molar-refractivity contribution >= 4 is 5.91 Å². The Bertz CT molecular complexity index is 603. The predicted molar refractivity (Wildman–Crippen MR) is 86.7 cm³/mol. The Morgan fingerprint density at radius 3 is 2.64 bits per heavy atom. The smallest absolute Gasteiger partial charge is 0.220 e. The maximum absolute atomic E-state index is 12.0. The second kappa shape index (κ2) is 7.25. The van der Waals surface area contributed by atoms with Gasteiger partial charge < -0.3 is 9.84 Å². The minimum Gasteiger partial charge on any atom is -0.361 e. The Morgan fingerprint density at radius 2 is 2.00 bits per heavy atom. The molecule has 4 heteroatoms. The lowest BCUT2D eigenvalue weighted by molar-refractivity contribution is -0.121. The third-order valence-electron chi connectivity index (χ3n) is 3.91. The van der Waals surface area contributed by atoms with Crippen molar-refractivity contribution in [1.82, 2.24) is 10.5 Å². The van der Waals surface area contributed by atoms with Crippen LogP contribution < -0.4 is 5.32 Å². The highest BCUT2D eigenvalue weighted by atomic mass is 16.5. The first-order valence-corrected chi connectivity index (χ1v) is 7.72. The lowest BCUT2D eigenvalue weighted by Crippen LogP contribution is -2.28. The fraction of sp³-hybridized carbons (Fsp3) is 0.444. The van der Waals surface area contributed by atoms with Crippen LogP contribution in [0.25, 0.3) is 0 Å². The van der Waals surface area contributed by atoms with Crippen molar-refractivity contribution < 1.29 is 9.32 Å². The number of hydrogen-bond acceptors (Lipinski definition) is 3. The Morgan fingerprint density at radius 1 is 1.27 bits per heavy atom. The van der Waals surface area contributed by atoms with Crippen molar-refractivity contribution in [3.8, 4) is 0 Å². The van der Waals surface area contributed by atoms with Gasteiger partial charge in [0.05, 0.1) is 5.69 Å². The van der Waals surface area contributed by atoms with Crippen LogP contribution in [-0.2, 0) is 16.6 Å². The zero-order valence-corrected chi connectivity index (χ0v) is 13.6. The number of carbonyl (C=O) groups is 1. The van der Waals surface area contributed by atoms with Crippen LogP contribution in [0, 0.1) is 6.92 Å². The molecular weight excluding hydrogens is 276 g/mol. The van der Waals surface area contributed by atoms with Gasteiger partial charge in [-0.3, -0.25) is 4.79 Å². The highest BCUT2D eigenvalue weighted by molar-refractivity contribution is 5.76. The van der Waals surface area contributed by atoms with E-state index in [-0.39, 0.29) is 11.3 Å². The first-order chi connectivity index (χ1) is 10.5. The minimum atomic E-state index is 0.00181. The van der Waals surface area contributed by atoms with Crippen molar-refractivity contribution in [2.75, 3.05) is 6.54 Å². The second-order valence-electron chi connectivity index (χ2n) is 6.28. The highest BCUT2D eigenvalue weighted by Crippen LogP contribution is 2.27. The fourth-order valence-electron chi connectivity index (χ4n) is 2.41. The van der Waals surface area contributed by atoms with Crippen molar-refractivity contribution in [3.05, 3.63) is 53.4 Å². The topological polar surface area (TPSA) is 55.1 Å². The molecule has 1 heterocycles. The van der Waals surface area contributed by atoms with E-state index < -0.39 is 0 Å². The molecule has 0 saturated heterocycles. The van der Waals surface area contributed by atoms with E-state index in [1.807, 2.05) is 31.2 Å². The quantitative estimate of drug-likeness (QED) is 0.852. The van der Waals surface area contributed by atoms with Crippen LogP contribution in [0.2, 0.25) is 0 Å². The van der Waals surface area contributed by atoms with E-state index in [1.165, 1.54) is 5.56 Å². The molecule has 0 aliphatic rings. The molecule has 0 bridgehead atoms. The Balaban J connectivity index is 1.73. The molecule has 0 radical (unpaired) electrons. The average molecular weight is 300 g/mol. The summed E-state index contributed by atoms with van der Waals surface area (Å²) < 4.78 is 5.00. The fourth-order valence-corrected chi connectivity index (χ4v) is 2.41. The number of rotatable bonds is 7. The summed E-state index contributed by atoms with van der Waals surface area (Å²) in [5, 5.41) is 6.86. The molecule has 22 heavy (non-hydrogen) atoms. The highest BCUT2D eigenvalue weighted by Gasteiger charge is 2.21. The molecule has 1 aromatic heterocycles. The van der Waals surface area contributed by atoms with Crippen LogP contribution in [0.15, 0.2) is 40.9 Å². The molecule has 0 fully saturated rings. The third kappa shape index (κ3) is 4.72. The number of aromatic nitrogens is 1. The summed E-state index contributed by atoms with van der Waals surface area (Å²) in [5.41, 5.74) is 2.14. The molecule has 0 aliphatic carbocycles. The van der Waals surface area contributed by atoms with E-state index >= 15 is 0 Å². The molecule has 1 aromatic carbocycles. The van der Waals surface area contributed by atoms with E-state index in [2.05, 4.69) is 36.5 Å². The number of nitrogens with zero attached hydrogens (tertiary/aromatic N) is 1. The third-order valence-corrected chi connectivity index (χ3v) is 3.91. The van der Waals surface area contributed by atoms with E-state index in [4.69, 9.17) is 4.52 Å². The van der Waals surface area contributed by atoms with E-state index in [0.29, 0.717) is 19.4 Å². The van der Waals surface area contributed by atoms with E-state index in [0.717, 1.165) is 17.9 Å². The van der Waals surface area contributed by atoms with Gasteiger partial charge in [0.1, 0.15) is 5.76 Å². The van der Waals surface area contributed by atoms with Gasteiger partial charge in [0.2, 0.25) is 5.91 Å². The molecule has 0 saturated carbocycles. The van der Waals surface area contributed by atoms with Gasteiger partial charge in [0, 0.05) is 25.5 Å². The van der Waals surface area contributed by atoms with Crippen LogP contribution >= 0.6 is 0 Å². The van der Waals surface area contributed by atoms with E-state index in [1.54, 1.807) is 0 Å². The maximum Gasteiger partial charge on any atom is 0.220 e. The molecule has 4 nitrogen and oxygen atoms in total. The first kappa shape index (κ1) is 16.3. The van der Waals surface area contributed by atoms with Gasteiger partial charge >= 0.3 is 0 Å². The molecule has 0 atom stereocenters. The van der Waals surface area contributed by atoms with Crippen LogP contribution in [-0.4, -0.2) is 17.6 Å². The summed E-state index contributed by atoms with van der Waals surface area (Å²) in [7, 11) is 0. The largest absolute Gasteiger partial charge is 0.361 e. The molecule has 2 aromatic rings. The monoisotopic (exact) mass is 300 g/mol. The van der Waals surface area contributed by atoms with Crippen LogP contribution in [0.1, 0.15) is 43.7 Å². The molecule has 0 spiro atoms. The Hall–Kier alpha value is -2.10.